The molecule has 4 heteroatoms. The number of piperidine rings is 1. The molecule has 0 aromatic heterocycles. The number of likely N-dealkylation sites (tertiary alicyclic amines) is 1. The van der Waals surface area contributed by atoms with Gasteiger partial charge in [0.15, 0.2) is 5.72 Å². The van der Waals surface area contributed by atoms with Gasteiger partial charge in [-0.15, -0.1) is 0 Å². The Hall–Kier alpha value is -3.01. The Kier molecular flexibility index (Phi) is 5.32. The smallest absolute Gasteiger partial charge is 0.257 e. The number of benzene rings is 2. The lowest BCUT2D eigenvalue weighted by atomic mass is 9.63. The first-order valence-corrected chi connectivity index (χ1v) is 11.8. The van der Waals surface area contributed by atoms with Crippen LogP contribution in [0.3, 0.4) is 0 Å². The lowest BCUT2D eigenvalue weighted by Crippen LogP contribution is -2.68. The molecule has 1 saturated carbocycles. The van der Waals surface area contributed by atoms with Crippen LogP contribution in [0.1, 0.15) is 61.6 Å². The van der Waals surface area contributed by atoms with Gasteiger partial charge in [0.1, 0.15) is 11.5 Å². The first-order valence-electron chi connectivity index (χ1n) is 11.8. The van der Waals surface area contributed by atoms with E-state index in [-0.39, 0.29) is 23.5 Å². The van der Waals surface area contributed by atoms with Crippen molar-refractivity contribution in [2.45, 2.75) is 57.6 Å². The highest BCUT2D eigenvalue weighted by molar-refractivity contribution is 5.98. The van der Waals surface area contributed by atoms with Crippen LogP contribution in [0.25, 0.3) is 6.08 Å². The van der Waals surface area contributed by atoms with Crippen molar-refractivity contribution in [3.8, 4) is 5.75 Å². The first-order chi connectivity index (χ1) is 15.5. The summed E-state index contributed by atoms with van der Waals surface area (Å²) >= 11 is 0. The summed E-state index contributed by atoms with van der Waals surface area (Å²) in [4.78, 5) is 15.8. The normalized spacial score (nSPS) is 28.2. The average Bonchev–Trinajstić information content (AvgIpc) is 2.81. The third kappa shape index (κ3) is 3.24. The minimum Gasteiger partial charge on any atom is -0.507 e. The van der Waals surface area contributed by atoms with Gasteiger partial charge >= 0.3 is 0 Å². The highest BCUT2D eigenvalue weighted by Gasteiger charge is 2.61. The molecule has 3 aliphatic rings. The van der Waals surface area contributed by atoms with Gasteiger partial charge in [-0.05, 0) is 43.9 Å². The Balaban J connectivity index is 1.66. The monoisotopic (exact) mass is 429 g/mol. The minimum absolute atomic E-state index is 0.0672. The van der Waals surface area contributed by atoms with Crippen LogP contribution >= 0.6 is 0 Å². The third-order valence-corrected chi connectivity index (χ3v) is 7.30. The highest BCUT2D eigenvalue weighted by Crippen LogP contribution is 2.58. The highest BCUT2D eigenvalue weighted by atomic mass is 16.5. The molecule has 2 bridgehead atoms. The number of carbonyl (C=O) groups excluding carboxylic acids is 1. The van der Waals surface area contributed by atoms with E-state index in [9.17, 15) is 9.90 Å². The molecule has 1 N–H and O–H groups in total. The second-order valence-electron chi connectivity index (χ2n) is 9.31. The Bertz CT molecular complexity index is 1080. The number of aryl methyl sites for hydroxylation is 1. The zero-order valence-corrected chi connectivity index (χ0v) is 18.9. The predicted molar refractivity (Wildman–Crippen MR) is 126 cm³/mol. The number of aliphatic hydroxyl groups excluding tert-OH is 1. The maximum atomic E-state index is 13.9. The molecule has 1 amide bonds. The van der Waals surface area contributed by atoms with Gasteiger partial charge in [-0.3, -0.25) is 4.79 Å². The van der Waals surface area contributed by atoms with Gasteiger partial charge in [0.05, 0.1) is 5.57 Å². The van der Waals surface area contributed by atoms with Gasteiger partial charge in [-0.25, -0.2) is 0 Å². The number of nitrogens with zero attached hydrogens (tertiary/aromatic N) is 1. The Morgan fingerprint density at radius 1 is 1.19 bits per heavy atom. The van der Waals surface area contributed by atoms with Gasteiger partial charge in [0.2, 0.25) is 0 Å². The molecule has 1 saturated heterocycles. The molecular formula is C28H31NO3. The lowest BCUT2D eigenvalue weighted by Gasteiger charge is -2.59. The van der Waals surface area contributed by atoms with E-state index in [1.807, 2.05) is 53.4 Å². The van der Waals surface area contributed by atoms with Gasteiger partial charge < -0.3 is 14.7 Å². The van der Waals surface area contributed by atoms with Crippen LogP contribution in [-0.2, 0) is 4.79 Å². The van der Waals surface area contributed by atoms with Gasteiger partial charge in [0.25, 0.3) is 5.91 Å². The molecule has 32 heavy (non-hydrogen) atoms. The van der Waals surface area contributed by atoms with Crippen molar-refractivity contribution in [2.24, 2.45) is 5.92 Å². The molecule has 2 aromatic rings. The van der Waals surface area contributed by atoms with Crippen LogP contribution in [-0.4, -0.2) is 28.2 Å². The molecule has 2 heterocycles. The SMILES string of the molecule is CCCN1C(=O)C(=C(O)C=Cc2ccc(C)cc2)C2c3ccccc3OC13CCCCC23. The predicted octanol–water partition coefficient (Wildman–Crippen LogP) is 6.14. The molecule has 2 aromatic carbocycles. The average molecular weight is 430 g/mol. The second-order valence-corrected chi connectivity index (χ2v) is 9.31. The van der Waals surface area contributed by atoms with Crippen molar-refractivity contribution in [1.29, 1.82) is 0 Å². The minimum atomic E-state index is -0.602. The molecule has 3 unspecified atom stereocenters. The number of hydrogen-bond acceptors (Lipinski definition) is 3. The zero-order chi connectivity index (χ0) is 22.3. The summed E-state index contributed by atoms with van der Waals surface area (Å²) in [6.45, 7) is 4.77. The molecule has 4 nitrogen and oxygen atoms in total. The maximum absolute atomic E-state index is 13.9. The van der Waals surface area contributed by atoms with Crippen LogP contribution in [0, 0.1) is 12.8 Å². The van der Waals surface area contributed by atoms with Gasteiger partial charge in [-0.1, -0.05) is 67.4 Å². The van der Waals surface area contributed by atoms with E-state index in [4.69, 9.17) is 4.74 Å². The number of amides is 1. The molecule has 166 valence electrons. The zero-order valence-electron chi connectivity index (χ0n) is 18.9. The van der Waals surface area contributed by atoms with Gasteiger partial charge in [-0.2, -0.15) is 0 Å². The topological polar surface area (TPSA) is 49.8 Å². The number of rotatable bonds is 4. The van der Waals surface area contributed by atoms with Crippen molar-refractivity contribution < 1.29 is 14.6 Å². The van der Waals surface area contributed by atoms with Crippen molar-refractivity contribution in [1.82, 2.24) is 4.90 Å². The fourth-order valence-corrected chi connectivity index (χ4v) is 5.87. The number of aliphatic hydroxyl groups is 1. The maximum Gasteiger partial charge on any atom is 0.257 e. The van der Waals surface area contributed by atoms with Crippen LogP contribution < -0.4 is 4.74 Å². The number of hydrogen-bond donors (Lipinski definition) is 1. The molecule has 1 aliphatic carbocycles. The summed E-state index contributed by atoms with van der Waals surface area (Å²) in [7, 11) is 0. The van der Waals surface area contributed by atoms with Crippen molar-refractivity contribution in [3.05, 3.63) is 82.6 Å². The molecule has 0 spiro atoms. The van der Waals surface area contributed by atoms with Crippen LogP contribution in [0.15, 0.2) is 65.9 Å². The van der Waals surface area contributed by atoms with Gasteiger partial charge in [0, 0.05) is 30.4 Å². The first kappa shape index (κ1) is 20.9. The summed E-state index contributed by atoms with van der Waals surface area (Å²) in [5, 5.41) is 11.3. The summed E-state index contributed by atoms with van der Waals surface area (Å²) < 4.78 is 6.68. The number of fused-ring (bicyclic) bond motifs is 2. The summed E-state index contributed by atoms with van der Waals surface area (Å²) in [6.07, 6.45) is 8.44. The third-order valence-electron chi connectivity index (χ3n) is 7.30. The molecular weight excluding hydrogens is 398 g/mol. The number of carbonyl (C=O) groups is 1. The fraction of sp³-hybridized carbons (Fsp3) is 0.393. The Labute approximate surface area is 190 Å². The summed E-state index contributed by atoms with van der Waals surface area (Å²) in [5.74, 6) is 0.828. The molecule has 0 radical (unpaired) electrons. The second kappa shape index (κ2) is 8.16. The largest absolute Gasteiger partial charge is 0.507 e. The fourth-order valence-electron chi connectivity index (χ4n) is 5.87. The quantitative estimate of drug-likeness (QED) is 0.469. The lowest BCUT2D eigenvalue weighted by molar-refractivity contribution is -0.189. The molecule has 2 aliphatic heterocycles. The summed E-state index contributed by atoms with van der Waals surface area (Å²) in [5.41, 5.74) is 3.12. The van der Waals surface area contributed by atoms with Crippen LogP contribution in [0.2, 0.25) is 0 Å². The molecule has 5 rings (SSSR count). The number of para-hydroxylation sites is 1. The Morgan fingerprint density at radius 2 is 1.97 bits per heavy atom. The standard InChI is InChI=1S/C28H31NO3/c1-3-18-29-27(31)26(23(30)16-15-20-13-11-19(2)12-14-20)25-21-8-4-5-10-24(21)32-28(29)17-7-6-9-22(25)28/h4-5,8,10-16,22,25,30H,3,6-7,9,17-18H2,1-2H3. The van der Waals surface area contributed by atoms with E-state index in [0.29, 0.717) is 12.1 Å². The molecule has 3 atom stereocenters. The number of allylic oxidation sites excluding steroid dienone is 1. The van der Waals surface area contributed by atoms with Crippen LogP contribution in [0.5, 0.6) is 5.75 Å². The van der Waals surface area contributed by atoms with E-state index < -0.39 is 5.72 Å². The summed E-state index contributed by atoms with van der Waals surface area (Å²) in [6, 6.07) is 16.2. The number of ether oxygens (including phenoxy) is 1. The van der Waals surface area contributed by atoms with E-state index >= 15 is 0 Å². The van der Waals surface area contributed by atoms with Crippen molar-refractivity contribution in [2.75, 3.05) is 6.54 Å². The van der Waals surface area contributed by atoms with E-state index in [2.05, 4.69) is 19.9 Å². The van der Waals surface area contributed by atoms with E-state index in [1.165, 1.54) is 5.56 Å². The van der Waals surface area contributed by atoms with E-state index in [1.54, 1.807) is 6.08 Å². The van der Waals surface area contributed by atoms with Crippen LogP contribution in [0.4, 0.5) is 0 Å². The van der Waals surface area contributed by atoms with E-state index in [0.717, 1.165) is 49.0 Å². The van der Waals surface area contributed by atoms with Crippen molar-refractivity contribution in [3.63, 3.8) is 0 Å². The Morgan fingerprint density at radius 3 is 2.75 bits per heavy atom. The molecule has 2 fully saturated rings. The van der Waals surface area contributed by atoms with Crippen molar-refractivity contribution >= 4 is 12.0 Å².